The molecule has 3 aromatic rings. The number of methoxy groups -OCH3 is 1. The number of rotatable bonds is 15. The van der Waals surface area contributed by atoms with E-state index in [9.17, 15) is 19.2 Å². The van der Waals surface area contributed by atoms with Crippen molar-refractivity contribution < 1.29 is 33.4 Å². The number of amides is 4. The maximum Gasteiger partial charge on any atom is 0.260 e. The van der Waals surface area contributed by atoms with Crippen molar-refractivity contribution in [2.24, 2.45) is 0 Å². The molecule has 0 saturated carbocycles. The van der Waals surface area contributed by atoms with Gasteiger partial charge in [0.15, 0.2) is 6.61 Å². The molecule has 2 fully saturated rings. The Hall–Kier alpha value is -5.14. The molecule has 0 radical (unpaired) electrons. The molecule has 5 rings (SSSR count). The Balaban J connectivity index is 1.13. The molecule has 0 bridgehead atoms. The van der Waals surface area contributed by atoms with Crippen LogP contribution >= 0.6 is 0 Å². The second-order valence-corrected chi connectivity index (χ2v) is 13.6. The number of hydrogen-bond acceptors (Lipinski definition) is 9. The summed E-state index contributed by atoms with van der Waals surface area (Å²) in [6.45, 7) is 8.54. The monoisotopic (exact) mass is 728 g/mol. The fraction of sp³-hybridized carbons (Fsp3) is 0.450. The molecule has 0 aliphatic carbocycles. The molecule has 284 valence electrons. The molecule has 2 N–H and O–H groups in total. The predicted molar refractivity (Wildman–Crippen MR) is 204 cm³/mol. The Kier molecular flexibility index (Phi) is 14.1. The van der Waals surface area contributed by atoms with Gasteiger partial charge >= 0.3 is 0 Å². The Morgan fingerprint density at radius 3 is 1.96 bits per heavy atom. The minimum Gasteiger partial charge on any atom is -0.495 e. The fourth-order valence-electron chi connectivity index (χ4n) is 6.19. The van der Waals surface area contributed by atoms with E-state index in [-0.39, 0.29) is 35.6 Å². The number of para-hydroxylation sites is 1. The maximum absolute atomic E-state index is 13.4. The first-order chi connectivity index (χ1) is 25.6. The normalized spacial score (nSPS) is 15.1. The van der Waals surface area contributed by atoms with Crippen LogP contribution < -0.4 is 24.8 Å². The van der Waals surface area contributed by atoms with Crippen LogP contribution in [0.3, 0.4) is 0 Å². The molecule has 2 heterocycles. The average molecular weight is 729 g/mol. The van der Waals surface area contributed by atoms with Gasteiger partial charge in [-0.25, -0.2) is 0 Å². The molecule has 2 aliphatic rings. The Morgan fingerprint density at radius 1 is 0.642 bits per heavy atom. The van der Waals surface area contributed by atoms with E-state index in [2.05, 4.69) is 27.5 Å². The second kappa shape index (κ2) is 19.1. The minimum atomic E-state index is -0.453. The molecule has 3 aromatic carbocycles. The van der Waals surface area contributed by atoms with E-state index in [1.54, 1.807) is 53.4 Å². The van der Waals surface area contributed by atoms with Gasteiger partial charge in [-0.05, 0) is 88.3 Å². The summed E-state index contributed by atoms with van der Waals surface area (Å²) >= 11 is 0. The zero-order valence-corrected chi connectivity index (χ0v) is 31.3. The second-order valence-electron chi connectivity index (χ2n) is 13.6. The number of aryl methyl sites for hydroxylation is 1. The van der Waals surface area contributed by atoms with E-state index in [4.69, 9.17) is 14.2 Å². The predicted octanol–water partition coefficient (Wildman–Crippen LogP) is 4.37. The number of ether oxygens (including phenoxy) is 3. The summed E-state index contributed by atoms with van der Waals surface area (Å²) in [6, 6.07) is 17.1. The van der Waals surface area contributed by atoms with Gasteiger partial charge in [0.25, 0.3) is 17.7 Å². The highest BCUT2D eigenvalue weighted by atomic mass is 16.5. The lowest BCUT2D eigenvalue weighted by Crippen LogP contribution is -2.48. The molecule has 4 amide bonds. The van der Waals surface area contributed by atoms with Crippen LogP contribution in [-0.2, 0) is 9.59 Å². The summed E-state index contributed by atoms with van der Waals surface area (Å²) in [4.78, 5) is 60.2. The van der Waals surface area contributed by atoms with E-state index in [0.29, 0.717) is 54.6 Å². The summed E-state index contributed by atoms with van der Waals surface area (Å²) in [5, 5.41) is 5.79. The highest BCUT2D eigenvalue weighted by molar-refractivity contribution is 6.08. The summed E-state index contributed by atoms with van der Waals surface area (Å²) in [5.74, 6) is 0.405. The average Bonchev–Trinajstić information content (AvgIpc) is 3.16. The lowest BCUT2D eigenvalue weighted by atomic mass is 10.1. The van der Waals surface area contributed by atoms with Crippen molar-refractivity contribution in [3.63, 3.8) is 0 Å². The third kappa shape index (κ3) is 11.2. The first-order valence-electron chi connectivity index (χ1n) is 18.3. The van der Waals surface area contributed by atoms with Gasteiger partial charge in [0.1, 0.15) is 17.2 Å². The number of nitrogens with zero attached hydrogens (tertiary/aromatic N) is 4. The van der Waals surface area contributed by atoms with Crippen molar-refractivity contribution in [2.75, 3.05) is 97.4 Å². The number of unbranched alkanes of at least 4 members (excludes halogenated alkanes) is 2. The van der Waals surface area contributed by atoms with E-state index < -0.39 is 5.91 Å². The van der Waals surface area contributed by atoms with Crippen molar-refractivity contribution in [1.82, 2.24) is 19.6 Å². The zero-order chi connectivity index (χ0) is 37.7. The molecular weight excluding hydrogens is 676 g/mol. The number of nitrogens with one attached hydrogen (secondary N) is 2. The van der Waals surface area contributed by atoms with Crippen LogP contribution in [0.5, 0.6) is 17.2 Å². The van der Waals surface area contributed by atoms with Crippen molar-refractivity contribution in [3.05, 3.63) is 77.4 Å². The van der Waals surface area contributed by atoms with Gasteiger partial charge in [-0.3, -0.25) is 19.2 Å². The number of likely N-dealkylation sites (N-methyl/N-ethyl adjacent to an activating group) is 2. The largest absolute Gasteiger partial charge is 0.495 e. The number of carbonyl (C=O) groups is 4. The third-order valence-electron chi connectivity index (χ3n) is 9.58. The maximum atomic E-state index is 13.4. The van der Waals surface area contributed by atoms with Gasteiger partial charge in [0, 0.05) is 64.3 Å². The lowest BCUT2D eigenvalue weighted by molar-refractivity contribution is -0.135. The molecule has 13 heteroatoms. The van der Waals surface area contributed by atoms with E-state index >= 15 is 0 Å². The smallest absolute Gasteiger partial charge is 0.260 e. The van der Waals surface area contributed by atoms with Gasteiger partial charge in [-0.1, -0.05) is 18.2 Å². The summed E-state index contributed by atoms with van der Waals surface area (Å²) in [6.07, 6.45) is 3.00. The van der Waals surface area contributed by atoms with E-state index in [0.717, 1.165) is 64.1 Å². The van der Waals surface area contributed by atoms with E-state index in [1.165, 1.54) is 7.11 Å². The summed E-state index contributed by atoms with van der Waals surface area (Å²) < 4.78 is 17.5. The number of piperazine rings is 2. The van der Waals surface area contributed by atoms with Crippen LogP contribution in [0.15, 0.2) is 60.7 Å². The molecule has 53 heavy (non-hydrogen) atoms. The quantitative estimate of drug-likeness (QED) is 0.219. The zero-order valence-electron chi connectivity index (χ0n) is 31.3. The van der Waals surface area contributed by atoms with Crippen LogP contribution in [0.4, 0.5) is 11.4 Å². The molecule has 2 saturated heterocycles. The Bertz CT molecular complexity index is 1730. The summed E-state index contributed by atoms with van der Waals surface area (Å²) in [5.41, 5.74) is 2.47. The van der Waals surface area contributed by atoms with Gasteiger partial charge in [-0.15, -0.1) is 0 Å². The minimum absolute atomic E-state index is 0.130. The number of hydrogen-bond donors (Lipinski definition) is 2. The highest BCUT2D eigenvalue weighted by Crippen LogP contribution is 2.30. The first kappa shape index (κ1) is 39.1. The first-order valence-corrected chi connectivity index (χ1v) is 18.3. The lowest BCUT2D eigenvalue weighted by Gasteiger charge is -2.32. The summed E-state index contributed by atoms with van der Waals surface area (Å²) in [7, 11) is 5.56. The molecule has 0 unspecified atom stereocenters. The van der Waals surface area contributed by atoms with Crippen LogP contribution in [0, 0.1) is 6.92 Å². The fourth-order valence-corrected chi connectivity index (χ4v) is 6.19. The van der Waals surface area contributed by atoms with Crippen molar-refractivity contribution in [3.8, 4) is 17.2 Å². The molecule has 0 aromatic heterocycles. The van der Waals surface area contributed by atoms with Crippen molar-refractivity contribution in [2.45, 2.75) is 32.6 Å². The standard InChI is InChI=1S/C40H52N6O7/c1-29-13-15-33(36(26-29)52-25-9-5-6-12-37(47)45-21-17-43(2)18-22-45)41-39(49)30-14-16-32(35(27-30)51-4)42-40(50)31-10-7-8-11-34(31)53-28-38(48)46-23-19-44(3)20-24-46/h7-8,10-11,13-16,26-27H,5-6,9,12,17-25,28H2,1-4H3,(H,41,49)(H,42,50). The molecule has 2 aliphatic heterocycles. The van der Waals surface area contributed by atoms with Crippen molar-refractivity contribution >= 4 is 35.0 Å². The molecule has 13 nitrogen and oxygen atoms in total. The number of benzene rings is 3. The molecule has 0 atom stereocenters. The number of anilines is 2. The Labute approximate surface area is 312 Å². The van der Waals surface area contributed by atoms with Crippen LogP contribution in [0.1, 0.15) is 52.0 Å². The van der Waals surface area contributed by atoms with Crippen LogP contribution in [0.25, 0.3) is 0 Å². The third-order valence-corrected chi connectivity index (χ3v) is 9.58. The van der Waals surface area contributed by atoms with Gasteiger partial charge < -0.3 is 44.4 Å². The topological polar surface area (TPSA) is 133 Å². The van der Waals surface area contributed by atoms with E-state index in [1.807, 2.05) is 31.0 Å². The van der Waals surface area contributed by atoms with Gasteiger partial charge in [-0.2, -0.15) is 0 Å². The highest BCUT2D eigenvalue weighted by Gasteiger charge is 2.22. The van der Waals surface area contributed by atoms with Gasteiger partial charge in [0.2, 0.25) is 5.91 Å². The SMILES string of the molecule is COc1cc(C(=O)Nc2ccc(C)cc2OCCCCCC(=O)N2CCN(C)CC2)ccc1NC(=O)c1ccccc1OCC(=O)N1CCN(C)CC1. The van der Waals surface area contributed by atoms with Crippen LogP contribution in [0.2, 0.25) is 0 Å². The van der Waals surface area contributed by atoms with Crippen LogP contribution in [-0.4, -0.2) is 130 Å². The van der Waals surface area contributed by atoms with Crippen molar-refractivity contribution in [1.29, 1.82) is 0 Å². The molecule has 0 spiro atoms. The Morgan fingerprint density at radius 2 is 1.26 bits per heavy atom. The molecular formula is C40H52N6O7. The van der Waals surface area contributed by atoms with Gasteiger partial charge in [0.05, 0.1) is 30.7 Å². The number of carbonyl (C=O) groups excluding carboxylic acids is 4.